The Labute approximate surface area is 126 Å². The first-order valence-corrected chi connectivity index (χ1v) is 8.44. The van der Waals surface area contributed by atoms with E-state index in [-0.39, 0.29) is 18.6 Å². The van der Waals surface area contributed by atoms with E-state index in [2.05, 4.69) is 10.6 Å². The van der Waals surface area contributed by atoms with Crippen molar-refractivity contribution in [1.82, 2.24) is 10.6 Å². The average molecular weight is 323 g/mol. The first-order valence-electron chi connectivity index (χ1n) is 5.85. The number of hydrogen-bond donors (Lipinski definition) is 3. The zero-order valence-corrected chi connectivity index (χ0v) is 13.6. The molecule has 1 aromatic rings. The molecule has 0 bridgehead atoms. The molecule has 1 aromatic heterocycles. The molecule has 2 amide bonds. The molecule has 0 aliphatic carbocycles. The quantitative estimate of drug-likeness (QED) is 0.754. The van der Waals surface area contributed by atoms with Crippen LogP contribution >= 0.6 is 34.7 Å². The van der Waals surface area contributed by atoms with Crippen LogP contribution in [0.5, 0.6) is 0 Å². The Kier molecular flexibility index (Phi) is 6.46. The fourth-order valence-corrected chi connectivity index (χ4v) is 3.30. The second kappa shape index (κ2) is 7.38. The van der Waals surface area contributed by atoms with Crippen molar-refractivity contribution in [3.63, 3.8) is 0 Å². The number of urea groups is 1. The van der Waals surface area contributed by atoms with Crippen molar-refractivity contribution in [3.05, 3.63) is 21.3 Å². The van der Waals surface area contributed by atoms with Crippen LogP contribution in [0.1, 0.15) is 24.8 Å². The summed E-state index contributed by atoms with van der Waals surface area (Å²) in [6.45, 7) is 3.81. The molecule has 0 aliphatic heterocycles. The van der Waals surface area contributed by atoms with Gasteiger partial charge in [0.1, 0.15) is 0 Å². The molecule has 0 saturated carbocycles. The van der Waals surface area contributed by atoms with Crippen LogP contribution in [0.4, 0.5) is 4.79 Å². The van der Waals surface area contributed by atoms with Crippen LogP contribution in [0.25, 0.3) is 0 Å². The molecule has 1 heterocycles. The van der Waals surface area contributed by atoms with Crippen LogP contribution in [-0.2, 0) is 0 Å². The molecule has 0 aromatic carbocycles. The van der Waals surface area contributed by atoms with E-state index in [0.29, 0.717) is 10.1 Å². The second-order valence-electron chi connectivity index (χ2n) is 4.62. The van der Waals surface area contributed by atoms with Gasteiger partial charge in [0.2, 0.25) is 0 Å². The number of hydrogen-bond acceptors (Lipinski definition) is 4. The molecule has 108 valence electrons. The Morgan fingerprint density at radius 2 is 2.32 bits per heavy atom. The molecule has 0 spiro atoms. The Balaban J connectivity index is 2.39. The molecule has 19 heavy (non-hydrogen) atoms. The maximum atomic E-state index is 11.7. The first-order chi connectivity index (χ1) is 8.84. The molecular weight excluding hydrogens is 304 g/mol. The Bertz CT molecular complexity index is 424. The number of carbonyl (C=O) groups excluding carboxylic acids is 1. The Hall–Kier alpha value is -0.430. The van der Waals surface area contributed by atoms with E-state index in [1.807, 2.05) is 19.2 Å². The zero-order valence-electron chi connectivity index (χ0n) is 11.2. The van der Waals surface area contributed by atoms with Gasteiger partial charge in [-0.3, -0.25) is 0 Å². The van der Waals surface area contributed by atoms with Gasteiger partial charge in [0.25, 0.3) is 0 Å². The summed E-state index contributed by atoms with van der Waals surface area (Å²) in [5.41, 5.74) is -0.897. The molecule has 7 heteroatoms. The third-order valence-corrected chi connectivity index (χ3v) is 4.78. The van der Waals surface area contributed by atoms with Gasteiger partial charge in [0.05, 0.1) is 16.0 Å². The maximum absolute atomic E-state index is 11.7. The van der Waals surface area contributed by atoms with Crippen LogP contribution in [-0.4, -0.2) is 35.3 Å². The molecular formula is C12H19ClN2O2S2. The highest BCUT2D eigenvalue weighted by Crippen LogP contribution is 2.26. The Morgan fingerprint density at radius 1 is 1.63 bits per heavy atom. The monoisotopic (exact) mass is 322 g/mol. The van der Waals surface area contributed by atoms with Gasteiger partial charge in [-0.15, -0.1) is 11.3 Å². The molecule has 3 N–H and O–H groups in total. The van der Waals surface area contributed by atoms with Crippen molar-refractivity contribution < 1.29 is 9.90 Å². The normalized spacial score (nSPS) is 15.6. The van der Waals surface area contributed by atoms with Gasteiger partial charge >= 0.3 is 6.03 Å². The summed E-state index contributed by atoms with van der Waals surface area (Å²) >= 11 is 8.83. The minimum absolute atomic E-state index is 0.108. The number of halogens is 1. The van der Waals surface area contributed by atoms with Gasteiger partial charge in [0, 0.05) is 17.2 Å². The van der Waals surface area contributed by atoms with Crippen LogP contribution in [0.2, 0.25) is 4.34 Å². The number of aliphatic hydroxyl groups is 1. The van der Waals surface area contributed by atoms with Crippen molar-refractivity contribution in [3.8, 4) is 0 Å². The predicted molar refractivity (Wildman–Crippen MR) is 83.3 cm³/mol. The predicted octanol–water partition coefficient (Wildman–Crippen LogP) is 2.88. The van der Waals surface area contributed by atoms with E-state index in [9.17, 15) is 9.90 Å². The summed E-state index contributed by atoms with van der Waals surface area (Å²) in [7, 11) is 0. The van der Waals surface area contributed by atoms with E-state index in [1.54, 1.807) is 13.0 Å². The van der Waals surface area contributed by atoms with Gasteiger partial charge in [-0.05, 0) is 32.2 Å². The fraction of sp³-hybridized carbons (Fsp3) is 0.583. The highest BCUT2D eigenvalue weighted by Gasteiger charge is 2.21. The number of amides is 2. The van der Waals surface area contributed by atoms with Crippen LogP contribution < -0.4 is 10.6 Å². The van der Waals surface area contributed by atoms with Crippen LogP contribution in [0, 0.1) is 0 Å². The fourth-order valence-electron chi connectivity index (χ4n) is 1.51. The van der Waals surface area contributed by atoms with E-state index in [1.165, 1.54) is 23.1 Å². The summed E-state index contributed by atoms with van der Waals surface area (Å²) in [5, 5.41) is 15.4. The summed E-state index contributed by atoms with van der Waals surface area (Å²) in [5.74, 6) is 0.573. The summed E-state index contributed by atoms with van der Waals surface area (Å²) in [6.07, 6.45) is 1.91. The van der Waals surface area contributed by atoms with E-state index < -0.39 is 5.60 Å². The van der Waals surface area contributed by atoms with E-state index in [4.69, 9.17) is 11.6 Å². The van der Waals surface area contributed by atoms with Crippen molar-refractivity contribution in [2.75, 3.05) is 18.6 Å². The van der Waals surface area contributed by atoms with Gasteiger partial charge in [-0.1, -0.05) is 11.6 Å². The number of thioether (sulfide) groups is 1. The molecule has 1 rings (SSSR count). The number of thiophene rings is 1. The van der Waals surface area contributed by atoms with E-state index in [0.717, 1.165) is 4.88 Å². The lowest BCUT2D eigenvalue weighted by Crippen LogP contribution is -2.46. The zero-order chi connectivity index (χ0) is 14.5. The van der Waals surface area contributed by atoms with E-state index >= 15 is 0 Å². The van der Waals surface area contributed by atoms with Crippen LogP contribution in [0.15, 0.2) is 12.1 Å². The van der Waals surface area contributed by atoms with Gasteiger partial charge in [-0.2, -0.15) is 11.8 Å². The van der Waals surface area contributed by atoms with Crippen molar-refractivity contribution in [2.24, 2.45) is 0 Å². The highest BCUT2D eigenvalue weighted by atomic mass is 35.5. The number of rotatable bonds is 6. The standard InChI is InChI=1S/C12H19ClN2O2S2/c1-8(9-4-5-10(13)19-9)15-11(16)14-6-12(2,17)7-18-3/h4-5,8,17H,6-7H2,1-3H3,(H2,14,15,16). The number of nitrogens with one attached hydrogen (secondary N) is 2. The summed E-state index contributed by atoms with van der Waals surface area (Å²) in [4.78, 5) is 12.7. The van der Waals surface area contributed by atoms with Gasteiger partial charge in [-0.25, -0.2) is 4.79 Å². The molecule has 0 fully saturated rings. The number of carbonyl (C=O) groups is 1. The minimum atomic E-state index is -0.897. The summed E-state index contributed by atoms with van der Waals surface area (Å²) < 4.78 is 0.701. The lowest BCUT2D eigenvalue weighted by atomic mass is 10.1. The Morgan fingerprint density at radius 3 is 2.84 bits per heavy atom. The lowest BCUT2D eigenvalue weighted by Gasteiger charge is -2.23. The first kappa shape index (κ1) is 16.6. The molecule has 0 aliphatic rings. The highest BCUT2D eigenvalue weighted by molar-refractivity contribution is 7.98. The molecule has 2 unspecified atom stereocenters. The topological polar surface area (TPSA) is 61.4 Å². The molecule has 2 atom stereocenters. The summed E-state index contributed by atoms with van der Waals surface area (Å²) in [6, 6.07) is 3.30. The molecule has 0 radical (unpaired) electrons. The van der Waals surface area contributed by atoms with Crippen molar-refractivity contribution in [2.45, 2.75) is 25.5 Å². The van der Waals surface area contributed by atoms with Crippen molar-refractivity contribution >= 4 is 40.7 Å². The lowest BCUT2D eigenvalue weighted by molar-refractivity contribution is 0.0868. The largest absolute Gasteiger partial charge is 0.387 e. The maximum Gasteiger partial charge on any atom is 0.315 e. The van der Waals surface area contributed by atoms with Gasteiger partial charge in [0.15, 0.2) is 0 Å². The minimum Gasteiger partial charge on any atom is -0.387 e. The third kappa shape index (κ3) is 6.03. The van der Waals surface area contributed by atoms with Crippen LogP contribution in [0.3, 0.4) is 0 Å². The molecule has 4 nitrogen and oxygen atoms in total. The van der Waals surface area contributed by atoms with Crippen molar-refractivity contribution in [1.29, 1.82) is 0 Å². The average Bonchev–Trinajstić information content (AvgIpc) is 2.73. The second-order valence-corrected chi connectivity index (χ2v) is 7.23. The van der Waals surface area contributed by atoms with Gasteiger partial charge < -0.3 is 15.7 Å². The molecule has 0 saturated heterocycles. The smallest absolute Gasteiger partial charge is 0.315 e. The third-order valence-electron chi connectivity index (χ3n) is 2.45. The SMILES string of the molecule is CSCC(C)(O)CNC(=O)NC(C)c1ccc(Cl)s1.